The molecule has 134 valence electrons. The van der Waals surface area contributed by atoms with Gasteiger partial charge in [0.25, 0.3) is 0 Å². The molecular weight excluding hydrogens is 395 g/mol. The number of carbonyl (C=O) groups is 1. The Bertz CT molecular complexity index is 933. The van der Waals surface area contributed by atoms with Crippen LogP contribution in [0.3, 0.4) is 0 Å². The summed E-state index contributed by atoms with van der Waals surface area (Å²) in [5.74, 6) is 0.658. The van der Waals surface area contributed by atoms with E-state index in [2.05, 4.69) is 15.5 Å². The maximum Gasteiger partial charge on any atom is 0.234 e. The number of halogens is 2. The summed E-state index contributed by atoms with van der Waals surface area (Å²) < 4.78 is 7.14. The highest BCUT2D eigenvalue weighted by Crippen LogP contribution is 2.27. The summed E-state index contributed by atoms with van der Waals surface area (Å²) in [5, 5.41) is 12.2. The molecule has 3 aromatic rings. The fourth-order valence-electron chi connectivity index (χ4n) is 2.22. The zero-order chi connectivity index (χ0) is 18.5. The molecule has 1 heterocycles. The molecule has 1 aromatic heterocycles. The van der Waals surface area contributed by atoms with Crippen LogP contribution in [-0.4, -0.2) is 33.5 Å². The van der Waals surface area contributed by atoms with Crippen molar-refractivity contribution in [3.8, 4) is 11.4 Å². The molecule has 0 saturated carbocycles. The first-order chi connectivity index (χ1) is 12.6. The van der Waals surface area contributed by atoms with Crippen molar-refractivity contribution in [1.29, 1.82) is 0 Å². The lowest BCUT2D eigenvalue weighted by molar-refractivity contribution is -0.113. The van der Waals surface area contributed by atoms with Crippen molar-refractivity contribution >= 4 is 46.6 Å². The highest BCUT2D eigenvalue weighted by atomic mass is 35.5. The van der Waals surface area contributed by atoms with Gasteiger partial charge in [-0.05, 0) is 30.3 Å². The number of nitrogens with zero attached hydrogens (tertiary/aromatic N) is 3. The number of benzene rings is 2. The van der Waals surface area contributed by atoms with E-state index in [4.69, 9.17) is 27.9 Å². The Morgan fingerprint density at radius 2 is 2.04 bits per heavy atom. The van der Waals surface area contributed by atoms with Crippen LogP contribution in [0.4, 0.5) is 5.69 Å². The van der Waals surface area contributed by atoms with Gasteiger partial charge in [0.2, 0.25) is 5.91 Å². The van der Waals surface area contributed by atoms with Crippen molar-refractivity contribution in [1.82, 2.24) is 14.8 Å². The lowest BCUT2D eigenvalue weighted by Crippen LogP contribution is -2.14. The minimum absolute atomic E-state index is 0.161. The first-order valence-corrected chi connectivity index (χ1v) is 9.23. The predicted octanol–water partition coefficient (Wildman–Crippen LogP) is 4.31. The van der Waals surface area contributed by atoms with Crippen LogP contribution >= 0.6 is 35.0 Å². The molecule has 2 aromatic carbocycles. The minimum Gasteiger partial charge on any atom is -0.495 e. The largest absolute Gasteiger partial charge is 0.495 e. The summed E-state index contributed by atoms with van der Waals surface area (Å²) >= 11 is 13.1. The molecule has 0 aliphatic heterocycles. The Kier molecular flexibility index (Phi) is 6.03. The quantitative estimate of drug-likeness (QED) is 0.615. The molecule has 1 N–H and O–H groups in total. The second kappa shape index (κ2) is 8.44. The van der Waals surface area contributed by atoms with Gasteiger partial charge in [-0.1, -0.05) is 47.1 Å². The summed E-state index contributed by atoms with van der Waals surface area (Å²) in [7, 11) is 1.60. The lowest BCUT2D eigenvalue weighted by Gasteiger charge is -2.10. The van der Waals surface area contributed by atoms with Crippen molar-refractivity contribution in [2.45, 2.75) is 5.16 Å². The molecular formula is C17H14Cl2N4O2S. The number of rotatable bonds is 6. The average molecular weight is 409 g/mol. The third-order valence-corrected chi connectivity index (χ3v) is 5.08. The number of para-hydroxylation sites is 2. The van der Waals surface area contributed by atoms with E-state index in [0.29, 0.717) is 26.6 Å². The van der Waals surface area contributed by atoms with Crippen molar-refractivity contribution in [2.75, 3.05) is 18.2 Å². The highest BCUT2D eigenvalue weighted by molar-refractivity contribution is 7.99. The second-order valence-corrected chi connectivity index (χ2v) is 6.88. The van der Waals surface area contributed by atoms with Gasteiger partial charge in [-0.25, -0.2) is 0 Å². The summed E-state index contributed by atoms with van der Waals surface area (Å²) in [6, 6.07) is 12.4. The normalized spacial score (nSPS) is 10.6. The number of ether oxygens (including phenoxy) is 1. The van der Waals surface area contributed by atoms with Gasteiger partial charge < -0.3 is 10.1 Å². The van der Waals surface area contributed by atoms with Crippen LogP contribution in [0.15, 0.2) is 53.9 Å². The first kappa shape index (κ1) is 18.6. The summed E-state index contributed by atoms with van der Waals surface area (Å²) in [6.45, 7) is 0. The van der Waals surface area contributed by atoms with E-state index in [-0.39, 0.29) is 11.7 Å². The van der Waals surface area contributed by atoms with E-state index in [9.17, 15) is 4.79 Å². The fraction of sp³-hybridized carbons (Fsp3) is 0.118. The molecule has 0 fully saturated rings. The molecule has 0 aliphatic carbocycles. The van der Waals surface area contributed by atoms with Crippen molar-refractivity contribution in [3.05, 3.63) is 58.8 Å². The van der Waals surface area contributed by atoms with Gasteiger partial charge >= 0.3 is 0 Å². The van der Waals surface area contributed by atoms with Crippen molar-refractivity contribution in [2.24, 2.45) is 0 Å². The van der Waals surface area contributed by atoms with Crippen LogP contribution in [0.2, 0.25) is 10.0 Å². The third-order valence-electron chi connectivity index (χ3n) is 3.40. The Balaban J connectivity index is 1.68. The number of amides is 1. The van der Waals surface area contributed by atoms with Crippen LogP contribution in [0.5, 0.6) is 5.75 Å². The molecule has 0 atom stereocenters. The highest BCUT2D eigenvalue weighted by Gasteiger charge is 2.13. The molecule has 3 rings (SSSR count). The van der Waals surface area contributed by atoms with Gasteiger partial charge in [-0.2, -0.15) is 0 Å². The number of carbonyl (C=O) groups excluding carboxylic acids is 1. The summed E-state index contributed by atoms with van der Waals surface area (Å²) in [6.07, 6.45) is 1.58. The second-order valence-electron chi connectivity index (χ2n) is 5.12. The van der Waals surface area contributed by atoms with Crippen LogP contribution in [0, 0.1) is 0 Å². The first-order valence-electron chi connectivity index (χ1n) is 7.49. The topological polar surface area (TPSA) is 69.0 Å². The van der Waals surface area contributed by atoms with Gasteiger partial charge in [0, 0.05) is 5.69 Å². The maximum absolute atomic E-state index is 12.2. The smallest absolute Gasteiger partial charge is 0.234 e. The van der Waals surface area contributed by atoms with Crippen LogP contribution in [0.1, 0.15) is 0 Å². The Morgan fingerprint density at radius 3 is 2.81 bits per heavy atom. The molecule has 0 radical (unpaired) electrons. The predicted molar refractivity (Wildman–Crippen MR) is 104 cm³/mol. The van der Waals surface area contributed by atoms with E-state index in [1.807, 2.05) is 24.3 Å². The third kappa shape index (κ3) is 4.30. The molecule has 0 aliphatic rings. The zero-order valence-electron chi connectivity index (χ0n) is 13.6. The molecule has 0 unspecified atom stereocenters. The number of nitrogens with one attached hydrogen (secondary N) is 1. The fourth-order valence-corrected chi connectivity index (χ4v) is 3.24. The number of methoxy groups -OCH3 is 1. The maximum atomic E-state index is 12.2. The van der Waals surface area contributed by atoms with Crippen LogP contribution in [0.25, 0.3) is 5.69 Å². The van der Waals surface area contributed by atoms with E-state index < -0.39 is 0 Å². The minimum atomic E-state index is -0.192. The molecule has 26 heavy (non-hydrogen) atoms. The Hall–Kier alpha value is -2.22. The number of hydrogen-bond donors (Lipinski definition) is 1. The Labute approximate surface area is 164 Å². The lowest BCUT2D eigenvalue weighted by atomic mass is 10.3. The molecule has 9 heteroatoms. The van der Waals surface area contributed by atoms with E-state index in [1.165, 1.54) is 11.8 Å². The Morgan fingerprint density at radius 1 is 1.23 bits per heavy atom. The zero-order valence-corrected chi connectivity index (χ0v) is 16.0. The molecule has 1 amide bonds. The molecule has 0 spiro atoms. The average Bonchev–Trinajstić information content (AvgIpc) is 3.11. The standard InChI is InChI=1S/C17H14Cl2N4O2S/c1-25-15-5-3-2-4-14(15)23-10-20-22-17(23)26-9-16(24)21-11-6-7-12(18)13(19)8-11/h2-8,10H,9H2,1H3,(H,21,24). The van der Waals surface area contributed by atoms with E-state index in [1.54, 1.807) is 36.2 Å². The number of aromatic nitrogens is 3. The van der Waals surface area contributed by atoms with E-state index >= 15 is 0 Å². The van der Waals surface area contributed by atoms with Gasteiger partial charge in [0.15, 0.2) is 5.16 Å². The van der Waals surface area contributed by atoms with Gasteiger partial charge in [-0.15, -0.1) is 10.2 Å². The number of hydrogen-bond acceptors (Lipinski definition) is 5. The summed E-state index contributed by atoms with van der Waals surface area (Å²) in [5.41, 5.74) is 1.38. The van der Waals surface area contributed by atoms with Crippen LogP contribution in [-0.2, 0) is 4.79 Å². The SMILES string of the molecule is COc1ccccc1-n1cnnc1SCC(=O)Nc1ccc(Cl)c(Cl)c1. The van der Waals surface area contributed by atoms with Crippen LogP contribution < -0.4 is 10.1 Å². The monoisotopic (exact) mass is 408 g/mol. The molecule has 6 nitrogen and oxygen atoms in total. The number of thioether (sulfide) groups is 1. The van der Waals surface area contributed by atoms with Crippen molar-refractivity contribution in [3.63, 3.8) is 0 Å². The summed E-state index contributed by atoms with van der Waals surface area (Å²) in [4.78, 5) is 12.2. The van der Waals surface area contributed by atoms with E-state index in [0.717, 1.165) is 5.69 Å². The molecule has 0 saturated heterocycles. The van der Waals surface area contributed by atoms with Gasteiger partial charge in [0.05, 0.1) is 28.6 Å². The van der Waals surface area contributed by atoms with Gasteiger partial charge in [0.1, 0.15) is 12.1 Å². The molecule has 0 bridgehead atoms. The van der Waals surface area contributed by atoms with Gasteiger partial charge in [-0.3, -0.25) is 9.36 Å². The number of anilines is 1. The van der Waals surface area contributed by atoms with Crippen molar-refractivity contribution < 1.29 is 9.53 Å².